The zero-order valence-electron chi connectivity index (χ0n) is 24.6. The van der Waals surface area contributed by atoms with Crippen LogP contribution in [-0.4, -0.2) is 44.3 Å². The molecule has 10 heteroatoms. The van der Waals surface area contributed by atoms with Crippen molar-refractivity contribution in [3.63, 3.8) is 0 Å². The number of benzene rings is 4. The molecule has 4 rings (SSSR count). The highest BCUT2D eigenvalue weighted by Crippen LogP contribution is 2.32. The van der Waals surface area contributed by atoms with Crippen molar-refractivity contribution >= 4 is 46.9 Å². The molecule has 0 saturated heterocycles. The number of para-hydroxylation sites is 1. The molecule has 226 valence electrons. The van der Waals surface area contributed by atoms with E-state index in [1.807, 2.05) is 19.1 Å². The molecule has 0 aliphatic rings. The van der Waals surface area contributed by atoms with Gasteiger partial charge in [-0.15, -0.1) is 11.8 Å². The molecular formula is C34H33N3O6S. The summed E-state index contributed by atoms with van der Waals surface area (Å²) in [6.45, 7) is 2.49. The first-order chi connectivity index (χ1) is 21.4. The van der Waals surface area contributed by atoms with E-state index >= 15 is 0 Å². The highest BCUT2D eigenvalue weighted by Gasteiger charge is 2.17. The van der Waals surface area contributed by atoms with E-state index in [2.05, 4.69) is 16.0 Å². The normalized spacial score (nSPS) is 10.8. The predicted molar refractivity (Wildman–Crippen MR) is 173 cm³/mol. The number of amides is 3. The highest BCUT2D eigenvalue weighted by molar-refractivity contribution is 8.00. The third-order valence-corrected chi connectivity index (χ3v) is 7.21. The van der Waals surface area contributed by atoms with Gasteiger partial charge in [-0.1, -0.05) is 30.3 Å². The number of methoxy groups -OCH3 is 2. The Bertz CT molecular complexity index is 1610. The van der Waals surface area contributed by atoms with Crippen molar-refractivity contribution in [3.05, 3.63) is 114 Å². The van der Waals surface area contributed by atoms with Gasteiger partial charge < -0.3 is 30.2 Å². The predicted octanol–water partition coefficient (Wildman–Crippen LogP) is 6.24. The first kappa shape index (κ1) is 31.7. The lowest BCUT2D eigenvalue weighted by Crippen LogP contribution is -2.30. The first-order valence-electron chi connectivity index (χ1n) is 13.8. The van der Waals surface area contributed by atoms with Crippen LogP contribution >= 0.6 is 11.8 Å². The van der Waals surface area contributed by atoms with E-state index in [9.17, 15) is 14.4 Å². The molecule has 3 amide bonds. The van der Waals surface area contributed by atoms with Crippen molar-refractivity contribution in [1.29, 1.82) is 0 Å². The summed E-state index contributed by atoms with van der Waals surface area (Å²) in [4.78, 5) is 39.7. The van der Waals surface area contributed by atoms with Crippen molar-refractivity contribution in [2.45, 2.75) is 11.8 Å². The number of hydrogen-bond donors (Lipinski definition) is 3. The van der Waals surface area contributed by atoms with Gasteiger partial charge in [-0.3, -0.25) is 14.4 Å². The summed E-state index contributed by atoms with van der Waals surface area (Å²) >= 11 is 1.36. The summed E-state index contributed by atoms with van der Waals surface area (Å²) in [5, 5.41) is 8.42. The van der Waals surface area contributed by atoms with Gasteiger partial charge in [0.2, 0.25) is 5.91 Å². The smallest absolute Gasteiger partial charge is 0.272 e. The first-order valence-corrected chi connectivity index (χ1v) is 14.7. The zero-order valence-corrected chi connectivity index (χ0v) is 25.4. The van der Waals surface area contributed by atoms with Gasteiger partial charge in [0.25, 0.3) is 11.8 Å². The number of hydrogen-bond acceptors (Lipinski definition) is 7. The summed E-state index contributed by atoms with van der Waals surface area (Å²) in [5.41, 5.74) is 2.15. The number of thioether (sulfide) groups is 1. The quantitative estimate of drug-likeness (QED) is 0.121. The maximum absolute atomic E-state index is 13.4. The fourth-order valence-corrected chi connectivity index (χ4v) is 4.80. The maximum Gasteiger partial charge on any atom is 0.272 e. The molecule has 3 N–H and O–H groups in total. The third-order valence-electron chi connectivity index (χ3n) is 6.19. The zero-order chi connectivity index (χ0) is 31.3. The van der Waals surface area contributed by atoms with Crippen molar-refractivity contribution in [2.24, 2.45) is 0 Å². The fraction of sp³-hybridized carbons (Fsp3) is 0.147. The molecule has 0 spiro atoms. The number of ether oxygens (including phenoxy) is 3. The maximum atomic E-state index is 13.4. The van der Waals surface area contributed by atoms with Crippen LogP contribution in [0.3, 0.4) is 0 Å². The monoisotopic (exact) mass is 611 g/mol. The van der Waals surface area contributed by atoms with Gasteiger partial charge in [0.1, 0.15) is 11.4 Å². The van der Waals surface area contributed by atoms with Crippen LogP contribution in [0.15, 0.2) is 108 Å². The molecule has 0 bridgehead atoms. The molecule has 44 heavy (non-hydrogen) atoms. The van der Waals surface area contributed by atoms with Gasteiger partial charge in [0.05, 0.1) is 26.6 Å². The van der Waals surface area contributed by atoms with Gasteiger partial charge in [-0.25, -0.2) is 0 Å². The Labute approximate surface area is 260 Å². The Hall–Kier alpha value is -5.22. The summed E-state index contributed by atoms with van der Waals surface area (Å²) < 4.78 is 16.3. The molecule has 9 nitrogen and oxygen atoms in total. The third kappa shape index (κ3) is 8.89. The number of nitrogens with one attached hydrogen (secondary N) is 3. The second kappa shape index (κ2) is 15.9. The van der Waals surface area contributed by atoms with Gasteiger partial charge in [0.15, 0.2) is 11.5 Å². The lowest BCUT2D eigenvalue weighted by Gasteiger charge is -2.14. The van der Waals surface area contributed by atoms with Crippen molar-refractivity contribution in [3.8, 4) is 17.2 Å². The minimum absolute atomic E-state index is 0.00909. The fourth-order valence-electron chi connectivity index (χ4n) is 4.10. The molecular weight excluding hydrogens is 578 g/mol. The minimum atomic E-state index is -0.533. The number of rotatable bonds is 13. The Morgan fingerprint density at radius 3 is 2.11 bits per heavy atom. The molecule has 4 aromatic carbocycles. The second-order valence-corrected chi connectivity index (χ2v) is 10.3. The Morgan fingerprint density at radius 1 is 0.773 bits per heavy atom. The standard InChI is InChI=1S/C34H33N3O6S/c1-4-43-27-17-13-25(14-18-27)35-31(38)22-44-28-19-15-26(16-20-28)36-34(40)29(37-33(39)23-9-6-5-7-10-23)21-24-11-8-12-30(41-2)32(24)42-3/h5-21H,4,22H2,1-3H3,(H,35,38)(H,36,40)(H,37,39)/b29-21-. The Balaban J connectivity index is 1.43. The van der Waals surface area contributed by atoms with Crippen molar-refractivity contribution in [1.82, 2.24) is 5.32 Å². The molecule has 0 atom stereocenters. The molecule has 0 aliphatic heterocycles. The molecule has 0 aliphatic carbocycles. The number of anilines is 2. The van der Waals surface area contributed by atoms with Crippen LogP contribution in [0.4, 0.5) is 11.4 Å². The van der Waals surface area contributed by atoms with E-state index in [0.29, 0.717) is 40.6 Å². The van der Waals surface area contributed by atoms with Crippen LogP contribution < -0.4 is 30.2 Å². The number of carbonyl (C=O) groups excluding carboxylic acids is 3. The molecule has 0 heterocycles. The largest absolute Gasteiger partial charge is 0.494 e. The summed E-state index contributed by atoms with van der Waals surface area (Å²) in [5.74, 6) is 0.735. The van der Waals surface area contributed by atoms with Crippen LogP contribution in [-0.2, 0) is 9.59 Å². The van der Waals surface area contributed by atoms with Gasteiger partial charge in [-0.2, -0.15) is 0 Å². The summed E-state index contributed by atoms with van der Waals surface area (Å²) in [6, 6.07) is 28.1. The van der Waals surface area contributed by atoms with Crippen LogP contribution in [0.1, 0.15) is 22.8 Å². The average Bonchev–Trinajstić information content (AvgIpc) is 3.05. The molecule has 4 aromatic rings. The van der Waals surface area contributed by atoms with Gasteiger partial charge >= 0.3 is 0 Å². The minimum Gasteiger partial charge on any atom is -0.494 e. The van der Waals surface area contributed by atoms with Crippen LogP contribution in [0.25, 0.3) is 6.08 Å². The van der Waals surface area contributed by atoms with E-state index in [0.717, 1.165) is 10.6 Å². The molecule has 0 saturated carbocycles. The van der Waals surface area contributed by atoms with Gasteiger partial charge in [0, 0.05) is 27.4 Å². The van der Waals surface area contributed by atoms with E-state index in [1.54, 1.807) is 84.9 Å². The lowest BCUT2D eigenvalue weighted by molar-refractivity contribution is -0.114. The van der Waals surface area contributed by atoms with Gasteiger partial charge in [-0.05, 0) is 79.7 Å². The Kier molecular flexibility index (Phi) is 11.4. The van der Waals surface area contributed by atoms with E-state index < -0.39 is 11.8 Å². The van der Waals surface area contributed by atoms with Crippen molar-refractivity contribution in [2.75, 3.05) is 37.2 Å². The van der Waals surface area contributed by atoms with E-state index in [1.165, 1.54) is 32.1 Å². The number of carbonyl (C=O) groups is 3. The second-order valence-electron chi connectivity index (χ2n) is 9.23. The van der Waals surface area contributed by atoms with Crippen molar-refractivity contribution < 1.29 is 28.6 Å². The molecule has 0 fully saturated rings. The van der Waals surface area contributed by atoms with Crippen LogP contribution in [0.2, 0.25) is 0 Å². The van der Waals surface area contributed by atoms with E-state index in [-0.39, 0.29) is 17.4 Å². The average molecular weight is 612 g/mol. The van der Waals surface area contributed by atoms with Crippen LogP contribution in [0, 0.1) is 0 Å². The molecule has 0 radical (unpaired) electrons. The molecule has 0 unspecified atom stereocenters. The summed E-state index contributed by atoms with van der Waals surface area (Å²) in [6.07, 6.45) is 1.53. The van der Waals surface area contributed by atoms with E-state index in [4.69, 9.17) is 14.2 Å². The SMILES string of the molecule is CCOc1ccc(NC(=O)CSc2ccc(NC(=O)/C(=C/c3cccc(OC)c3OC)NC(=O)c3ccccc3)cc2)cc1. The lowest BCUT2D eigenvalue weighted by atomic mass is 10.1. The Morgan fingerprint density at radius 2 is 1.45 bits per heavy atom. The topological polar surface area (TPSA) is 115 Å². The van der Waals surface area contributed by atoms with Crippen LogP contribution in [0.5, 0.6) is 17.2 Å². The highest BCUT2D eigenvalue weighted by atomic mass is 32.2. The summed E-state index contributed by atoms with van der Waals surface area (Å²) in [7, 11) is 3.02. The molecule has 0 aromatic heterocycles.